The maximum Gasteiger partial charge on any atom is 0.263 e. The van der Waals surface area contributed by atoms with Crippen LogP contribution in [0.4, 0.5) is 0 Å². The van der Waals surface area contributed by atoms with Crippen LogP contribution in [-0.2, 0) is 19.9 Å². The molecular formula is C18H20ClNO3. The van der Waals surface area contributed by atoms with Crippen LogP contribution in [-0.4, -0.2) is 29.4 Å². The zero-order chi connectivity index (χ0) is 16.9. The summed E-state index contributed by atoms with van der Waals surface area (Å²) in [6, 6.07) is 5.47. The lowest BCUT2D eigenvalue weighted by Crippen LogP contribution is -2.38. The number of carbonyl (C=O) groups is 2. The van der Waals surface area contributed by atoms with E-state index in [4.69, 9.17) is 16.3 Å². The van der Waals surface area contributed by atoms with Gasteiger partial charge in [0.2, 0.25) is 0 Å². The average Bonchev–Trinajstić information content (AvgIpc) is 2.60. The maximum absolute atomic E-state index is 12.7. The minimum absolute atomic E-state index is 0.213. The second-order valence-corrected chi connectivity index (χ2v) is 7.42. The van der Waals surface area contributed by atoms with Crippen LogP contribution in [0.2, 0.25) is 5.02 Å². The molecule has 2 aliphatic rings. The summed E-state index contributed by atoms with van der Waals surface area (Å²) >= 11 is 6.10. The predicted molar refractivity (Wildman–Crippen MR) is 88.9 cm³/mol. The van der Waals surface area contributed by atoms with Crippen molar-refractivity contribution in [2.45, 2.75) is 39.4 Å². The molecule has 3 rings (SSSR count). The molecule has 1 fully saturated rings. The molecule has 2 heterocycles. The fraction of sp³-hybridized carbons (Fsp3) is 0.444. The summed E-state index contributed by atoms with van der Waals surface area (Å²) in [6.45, 7) is 8.14. The molecule has 0 aliphatic carbocycles. The molecule has 23 heavy (non-hydrogen) atoms. The van der Waals surface area contributed by atoms with Gasteiger partial charge in [-0.25, -0.2) is 0 Å². The highest BCUT2D eigenvalue weighted by Gasteiger charge is 2.48. The molecule has 1 saturated heterocycles. The molecule has 0 N–H and O–H groups in total. The van der Waals surface area contributed by atoms with Crippen molar-refractivity contribution >= 4 is 29.5 Å². The third kappa shape index (κ3) is 2.70. The lowest BCUT2D eigenvalue weighted by molar-refractivity contribution is -0.148. The smallest absolute Gasteiger partial charge is 0.263 e. The number of imide groups is 1. The second kappa shape index (κ2) is 5.46. The highest BCUT2D eigenvalue weighted by Crippen LogP contribution is 2.39. The van der Waals surface area contributed by atoms with Crippen molar-refractivity contribution in [2.75, 3.05) is 6.54 Å². The summed E-state index contributed by atoms with van der Waals surface area (Å²) in [5.74, 6) is -0.320. The van der Waals surface area contributed by atoms with Crippen LogP contribution in [0, 0.1) is 5.92 Å². The molecule has 122 valence electrons. The van der Waals surface area contributed by atoms with E-state index in [0.717, 1.165) is 11.1 Å². The van der Waals surface area contributed by atoms with Crippen molar-refractivity contribution in [1.29, 1.82) is 0 Å². The molecular weight excluding hydrogens is 314 g/mol. The Balaban J connectivity index is 2.11. The number of nitrogens with zero attached hydrogens (tertiary/aromatic N) is 1. The van der Waals surface area contributed by atoms with Gasteiger partial charge in [0.1, 0.15) is 0 Å². The third-order valence-corrected chi connectivity index (χ3v) is 4.44. The second-order valence-electron chi connectivity index (χ2n) is 6.99. The van der Waals surface area contributed by atoms with Crippen molar-refractivity contribution < 1.29 is 14.3 Å². The van der Waals surface area contributed by atoms with Gasteiger partial charge in [-0.15, -0.1) is 0 Å². The molecule has 2 amide bonds. The molecule has 1 unspecified atom stereocenters. The summed E-state index contributed by atoms with van der Waals surface area (Å²) in [5, 5.41) is 0.602. The lowest BCUT2D eigenvalue weighted by Gasteiger charge is -2.28. The Hall–Kier alpha value is -1.65. The quantitative estimate of drug-likeness (QED) is 0.779. The Bertz CT molecular complexity index is 721. The zero-order valence-corrected chi connectivity index (χ0v) is 14.5. The monoisotopic (exact) mass is 333 g/mol. The van der Waals surface area contributed by atoms with Gasteiger partial charge < -0.3 is 4.74 Å². The fourth-order valence-corrected chi connectivity index (χ4v) is 3.31. The van der Waals surface area contributed by atoms with Gasteiger partial charge in [0, 0.05) is 11.6 Å². The number of likely N-dealkylation sites (tertiary alicyclic amines) is 1. The molecule has 0 bridgehead atoms. The summed E-state index contributed by atoms with van der Waals surface area (Å²) in [4.78, 5) is 26.6. The van der Waals surface area contributed by atoms with E-state index in [9.17, 15) is 9.59 Å². The largest absolute Gasteiger partial charge is 0.353 e. The van der Waals surface area contributed by atoms with Gasteiger partial charge >= 0.3 is 0 Å². The number of benzene rings is 1. The van der Waals surface area contributed by atoms with Crippen LogP contribution in [0.15, 0.2) is 23.8 Å². The SMILES string of the molecule is CC(C)CN1C(=O)C2=Cc3ccc(Cl)cc3C(C)(C)OC2C1=O. The molecule has 2 aliphatic heterocycles. The van der Waals surface area contributed by atoms with Crippen LogP contribution in [0.1, 0.15) is 38.8 Å². The molecule has 1 atom stereocenters. The third-order valence-electron chi connectivity index (χ3n) is 4.20. The van der Waals surface area contributed by atoms with E-state index in [1.165, 1.54) is 4.90 Å². The first-order valence-corrected chi connectivity index (χ1v) is 8.13. The zero-order valence-electron chi connectivity index (χ0n) is 13.7. The van der Waals surface area contributed by atoms with Gasteiger partial charge in [-0.05, 0) is 49.1 Å². The van der Waals surface area contributed by atoms with E-state index in [1.54, 1.807) is 12.1 Å². The summed E-state index contributed by atoms with van der Waals surface area (Å²) < 4.78 is 6.06. The summed E-state index contributed by atoms with van der Waals surface area (Å²) in [5.41, 5.74) is 1.43. The standard InChI is InChI=1S/C18H20ClNO3/c1-10(2)9-20-16(21)13-7-11-5-6-12(19)8-14(11)18(3,4)23-15(13)17(20)22/h5-8,10,15H,9H2,1-4H3. The van der Waals surface area contributed by atoms with E-state index in [2.05, 4.69) is 0 Å². The van der Waals surface area contributed by atoms with Crippen molar-refractivity contribution in [3.63, 3.8) is 0 Å². The number of rotatable bonds is 2. The topological polar surface area (TPSA) is 46.6 Å². The Kier molecular flexibility index (Phi) is 3.85. The van der Waals surface area contributed by atoms with Crippen LogP contribution < -0.4 is 0 Å². The maximum atomic E-state index is 12.7. The van der Waals surface area contributed by atoms with E-state index in [1.807, 2.05) is 39.8 Å². The number of halogens is 1. The fourth-order valence-electron chi connectivity index (χ4n) is 3.13. The minimum Gasteiger partial charge on any atom is -0.353 e. The lowest BCUT2D eigenvalue weighted by atomic mass is 9.93. The summed E-state index contributed by atoms with van der Waals surface area (Å²) in [7, 11) is 0. The predicted octanol–water partition coefficient (Wildman–Crippen LogP) is 3.38. The van der Waals surface area contributed by atoms with Crippen molar-refractivity contribution in [3.8, 4) is 0 Å². The highest BCUT2D eigenvalue weighted by atomic mass is 35.5. The van der Waals surface area contributed by atoms with Crippen LogP contribution in [0.3, 0.4) is 0 Å². The molecule has 0 spiro atoms. The number of hydrogen-bond donors (Lipinski definition) is 0. The number of hydrogen-bond acceptors (Lipinski definition) is 3. The Morgan fingerprint density at radius 2 is 2.00 bits per heavy atom. The number of carbonyl (C=O) groups excluding carboxylic acids is 2. The minimum atomic E-state index is -0.845. The van der Waals surface area contributed by atoms with Gasteiger partial charge in [0.15, 0.2) is 6.10 Å². The van der Waals surface area contributed by atoms with Gasteiger partial charge in [0.25, 0.3) is 11.8 Å². The normalized spacial score (nSPS) is 22.8. The highest BCUT2D eigenvalue weighted by molar-refractivity contribution is 6.30. The Morgan fingerprint density at radius 1 is 1.30 bits per heavy atom. The molecule has 0 radical (unpaired) electrons. The van der Waals surface area contributed by atoms with Crippen molar-refractivity contribution in [3.05, 3.63) is 39.9 Å². The molecule has 1 aromatic carbocycles. The molecule has 0 saturated carbocycles. The Morgan fingerprint density at radius 3 is 2.65 bits per heavy atom. The van der Waals surface area contributed by atoms with Crippen LogP contribution in [0.25, 0.3) is 6.08 Å². The molecule has 0 aromatic heterocycles. The first-order chi connectivity index (χ1) is 10.7. The van der Waals surface area contributed by atoms with Crippen LogP contribution >= 0.6 is 11.6 Å². The first-order valence-electron chi connectivity index (χ1n) is 7.76. The van der Waals surface area contributed by atoms with E-state index < -0.39 is 11.7 Å². The van der Waals surface area contributed by atoms with Gasteiger partial charge in [-0.2, -0.15) is 0 Å². The molecule has 5 heteroatoms. The van der Waals surface area contributed by atoms with E-state index in [0.29, 0.717) is 17.1 Å². The van der Waals surface area contributed by atoms with Crippen molar-refractivity contribution in [2.24, 2.45) is 5.92 Å². The number of fused-ring (bicyclic) bond motifs is 2. The number of amides is 2. The van der Waals surface area contributed by atoms with E-state index >= 15 is 0 Å². The Labute approximate surface area is 141 Å². The first kappa shape index (κ1) is 16.2. The molecule has 1 aromatic rings. The number of ether oxygens (including phenoxy) is 1. The van der Waals surface area contributed by atoms with Gasteiger partial charge in [-0.3, -0.25) is 14.5 Å². The van der Waals surface area contributed by atoms with Gasteiger partial charge in [0.05, 0.1) is 11.2 Å². The van der Waals surface area contributed by atoms with Crippen molar-refractivity contribution in [1.82, 2.24) is 4.90 Å². The van der Waals surface area contributed by atoms with Gasteiger partial charge in [-0.1, -0.05) is 31.5 Å². The summed E-state index contributed by atoms with van der Waals surface area (Å²) in [6.07, 6.45) is 0.925. The average molecular weight is 334 g/mol. The van der Waals surface area contributed by atoms with E-state index in [-0.39, 0.29) is 17.7 Å². The van der Waals surface area contributed by atoms with Crippen LogP contribution in [0.5, 0.6) is 0 Å². The molecule has 4 nitrogen and oxygen atoms in total.